The van der Waals surface area contributed by atoms with E-state index in [1.165, 1.54) is 18.0 Å². The number of aryl methyl sites for hydroxylation is 1. The second-order valence-electron chi connectivity index (χ2n) is 5.42. The number of amides is 1. The molecule has 0 fully saturated rings. The van der Waals surface area contributed by atoms with Gasteiger partial charge in [-0.05, 0) is 31.2 Å². The van der Waals surface area contributed by atoms with Crippen LogP contribution >= 0.6 is 35.0 Å². The lowest BCUT2D eigenvalue weighted by atomic mass is 10.2. The number of carbonyl (C=O) groups is 1. The van der Waals surface area contributed by atoms with E-state index >= 15 is 0 Å². The standard InChI is InChI=1S/C18H15Cl2N5OS/c1-12-22-24-18(25(12)13-6-3-2-4-7-13)27-11-17(26)23-21-10-14-15(19)8-5-9-16(14)20/h2-10H,11H2,1H3,(H,23,26). The number of hydrogen-bond acceptors (Lipinski definition) is 5. The summed E-state index contributed by atoms with van der Waals surface area (Å²) in [6.07, 6.45) is 1.42. The molecule has 138 valence electrons. The minimum atomic E-state index is -0.278. The molecule has 1 amide bonds. The molecule has 0 unspecified atom stereocenters. The Labute approximate surface area is 170 Å². The van der Waals surface area contributed by atoms with Crippen molar-refractivity contribution in [2.45, 2.75) is 12.1 Å². The fraction of sp³-hybridized carbons (Fsp3) is 0.111. The lowest BCUT2D eigenvalue weighted by Gasteiger charge is -2.07. The number of nitrogens with one attached hydrogen (secondary N) is 1. The van der Waals surface area contributed by atoms with Crippen molar-refractivity contribution in [2.24, 2.45) is 5.10 Å². The van der Waals surface area contributed by atoms with Gasteiger partial charge in [-0.15, -0.1) is 10.2 Å². The first-order valence-corrected chi connectivity index (χ1v) is 9.66. The summed E-state index contributed by atoms with van der Waals surface area (Å²) in [5.41, 5.74) is 3.95. The number of carbonyl (C=O) groups excluding carboxylic acids is 1. The van der Waals surface area contributed by atoms with Gasteiger partial charge < -0.3 is 0 Å². The highest BCUT2D eigenvalue weighted by molar-refractivity contribution is 7.99. The average Bonchev–Trinajstić information content (AvgIpc) is 3.03. The Morgan fingerprint density at radius 3 is 2.56 bits per heavy atom. The second kappa shape index (κ2) is 9.03. The van der Waals surface area contributed by atoms with Crippen LogP contribution in [0.15, 0.2) is 58.8 Å². The highest BCUT2D eigenvalue weighted by Crippen LogP contribution is 2.23. The normalized spacial score (nSPS) is 11.1. The molecule has 0 aliphatic rings. The van der Waals surface area contributed by atoms with Gasteiger partial charge in [-0.3, -0.25) is 9.36 Å². The maximum atomic E-state index is 12.1. The highest BCUT2D eigenvalue weighted by Gasteiger charge is 2.13. The molecule has 27 heavy (non-hydrogen) atoms. The van der Waals surface area contributed by atoms with Gasteiger partial charge in [0.15, 0.2) is 5.16 Å². The Morgan fingerprint density at radius 2 is 1.85 bits per heavy atom. The molecule has 0 saturated heterocycles. The van der Waals surface area contributed by atoms with Crippen LogP contribution in [0.2, 0.25) is 10.0 Å². The number of para-hydroxylation sites is 1. The van der Waals surface area contributed by atoms with Gasteiger partial charge in [0.25, 0.3) is 5.91 Å². The Balaban J connectivity index is 1.61. The number of aromatic nitrogens is 3. The zero-order chi connectivity index (χ0) is 19.2. The molecule has 9 heteroatoms. The van der Waals surface area contributed by atoms with Crippen LogP contribution in [0.3, 0.4) is 0 Å². The molecule has 3 rings (SSSR count). The van der Waals surface area contributed by atoms with Crippen LogP contribution in [-0.2, 0) is 4.79 Å². The van der Waals surface area contributed by atoms with Crippen molar-refractivity contribution in [1.29, 1.82) is 0 Å². The third kappa shape index (κ3) is 4.88. The third-order valence-corrected chi connectivity index (χ3v) is 5.11. The highest BCUT2D eigenvalue weighted by atomic mass is 35.5. The zero-order valence-electron chi connectivity index (χ0n) is 14.3. The minimum absolute atomic E-state index is 0.137. The number of hydrogen-bond donors (Lipinski definition) is 1. The average molecular weight is 420 g/mol. The van der Waals surface area contributed by atoms with Gasteiger partial charge in [0.1, 0.15) is 5.82 Å². The van der Waals surface area contributed by atoms with Crippen molar-refractivity contribution >= 4 is 47.1 Å². The summed E-state index contributed by atoms with van der Waals surface area (Å²) in [7, 11) is 0. The van der Waals surface area contributed by atoms with Crippen LogP contribution in [-0.4, -0.2) is 32.6 Å². The fourth-order valence-corrected chi connectivity index (χ4v) is 3.56. The van der Waals surface area contributed by atoms with Crippen LogP contribution < -0.4 is 5.43 Å². The Bertz CT molecular complexity index is 955. The monoisotopic (exact) mass is 419 g/mol. The number of halogens is 2. The number of thioether (sulfide) groups is 1. The molecular formula is C18H15Cl2N5OS. The molecule has 0 radical (unpaired) electrons. The van der Waals surface area contributed by atoms with Crippen molar-refractivity contribution in [2.75, 3.05) is 5.75 Å². The summed E-state index contributed by atoms with van der Waals surface area (Å²) < 4.78 is 1.89. The molecule has 0 atom stereocenters. The van der Waals surface area contributed by atoms with E-state index in [1.807, 2.05) is 41.8 Å². The lowest BCUT2D eigenvalue weighted by molar-refractivity contribution is -0.118. The number of nitrogens with zero attached hydrogens (tertiary/aromatic N) is 4. The SMILES string of the molecule is Cc1nnc(SCC(=O)NN=Cc2c(Cl)cccc2Cl)n1-c1ccccc1. The summed E-state index contributed by atoms with van der Waals surface area (Å²) in [6.45, 7) is 1.86. The van der Waals surface area contributed by atoms with E-state index in [-0.39, 0.29) is 11.7 Å². The first-order chi connectivity index (χ1) is 13.1. The van der Waals surface area contributed by atoms with Crippen molar-refractivity contribution in [1.82, 2.24) is 20.2 Å². The first-order valence-electron chi connectivity index (χ1n) is 7.92. The first kappa shape index (κ1) is 19.4. The summed E-state index contributed by atoms with van der Waals surface area (Å²) in [4.78, 5) is 12.1. The lowest BCUT2D eigenvalue weighted by Crippen LogP contribution is -2.20. The van der Waals surface area contributed by atoms with Crippen molar-refractivity contribution < 1.29 is 4.79 Å². The Kier molecular flexibility index (Phi) is 6.49. The molecule has 0 saturated carbocycles. The van der Waals surface area contributed by atoms with E-state index in [0.717, 1.165) is 11.5 Å². The molecule has 0 spiro atoms. The van der Waals surface area contributed by atoms with E-state index < -0.39 is 0 Å². The van der Waals surface area contributed by atoms with Gasteiger partial charge in [-0.2, -0.15) is 5.10 Å². The predicted octanol–water partition coefficient (Wildman–Crippen LogP) is 4.12. The van der Waals surface area contributed by atoms with Crippen LogP contribution in [0.25, 0.3) is 5.69 Å². The number of hydrazone groups is 1. The van der Waals surface area contributed by atoms with Crippen molar-refractivity contribution in [3.05, 3.63) is 70.0 Å². The van der Waals surface area contributed by atoms with Crippen LogP contribution in [0.1, 0.15) is 11.4 Å². The van der Waals surface area contributed by atoms with E-state index in [4.69, 9.17) is 23.2 Å². The predicted molar refractivity (Wildman–Crippen MR) is 109 cm³/mol. The molecule has 1 heterocycles. The topological polar surface area (TPSA) is 72.2 Å². The smallest absolute Gasteiger partial charge is 0.250 e. The summed E-state index contributed by atoms with van der Waals surface area (Å²) in [6, 6.07) is 14.9. The van der Waals surface area contributed by atoms with Gasteiger partial charge in [-0.25, -0.2) is 5.43 Å². The van der Waals surface area contributed by atoms with Gasteiger partial charge in [0.2, 0.25) is 0 Å². The van der Waals surface area contributed by atoms with Crippen LogP contribution in [0, 0.1) is 6.92 Å². The zero-order valence-corrected chi connectivity index (χ0v) is 16.6. The molecule has 1 N–H and O–H groups in total. The molecule has 1 aromatic heterocycles. The Morgan fingerprint density at radius 1 is 1.15 bits per heavy atom. The summed E-state index contributed by atoms with van der Waals surface area (Å²) in [5.74, 6) is 0.605. The maximum Gasteiger partial charge on any atom is 0.250 e. The quantitative estimate of drug-likeness (QED) is 0.370. The van der Waals surface area contributed by atoms with E-state index in [9.17, 15) is 4.79 Å². The second-order valence-corrected chi connectivity index (χ2v) is 7.17. The van der Waals surface area contributed by atoms with Gasteiger partial charge in [0, 0.05) is 11.3 Å². The van der Waals surface area contributed by atoms with Crippen molar-refractivity contribution in [3.63, 3.8) is 0 Å². The molecule has 2 aromatic carbocycles. The molecule has 0 bridgehead atoms. The van der Waals surface area contributed by atoms with E-state index in [0.29, 0.717) is 20.8 Å². The molecule has 3 aromatic rings. The summed E-state index contributed by atoms with van der Waals surface area (Å²) in [5, 5.41) is 13.7. The Hall–Kier alpha value is -2.35. The molecule has 0 aliphatic heterocycles. The molecular weight excluding hydrogens is 405 g/mol. The number of benzene rings is 2. The number of rotatable bonds is 6. The maximum absolute atomic E-state index is 12.1. The molecule has 6 nitrogen and oxygen atoms in total. The van der Waals surface area contributed by atoms with Gasteiger partial charge in [0.05, 0.1) is 22.0 Å². The van der Waals surface area contributed by atoms with E-state index in [2.05, 4.69) is 20.7 Å². The third-order valence-electron chi connectivity index (χ3n) is 3.52. The van der Waals surface area contributed by atoms with Crippen LogP contribution in [0.4, 0.5) is 0 Å². The van der Waals surface area contributed by atoms with Gasteiger partial charge in [-0.1, -0.05) is 59.2 Å². The minimum Gasteiger partial charge on any atom is -0.274 e. The van der Waals surface area contributed by atoms with Gasteiger partial charge >= 0.3 is 0 Å². The van der Waals surface area contributed by atoms with Crippen LogP contribution in [0.5, 0.6) is 0 Å². The van der Waals surface area contributed by atoms with E-state index in [1.54, 1.807) is 18.2 Å². The summed E-state index contributed by atoms with van der Waals surface area (Å²) >= 11 is 13.4. The largest absolute Gasteiger partial charge is 0.274 e. The van der Waals surface area contributed by atoms with Crippen molar-refractivity contribution in [3.8, 4) is 5.69 Å². The fourth-order valence-electron chi connectivity index (χ4n) is 2.28. The molecule has 0 aliphatic carbocycles.